The third-order valence-electron chi connectivity index (χ3n) is 5.47. The minimum absolute atomic E-state index is 0.408. The van der Waals surface area contributed by atoms with Crippen LogP contribution < -0.4 is 10.6 Å². The Morgan fingerprint density at radius 2 is 1.79 bits per heavy atom. The topological polar surface area (TPSA) is 74.3 Å². The van der Waals surface area contributed by atoms with Gasteiger partial charge in [0.2, 0.25) is 0 Å². The minimum Gasteiger partial charge on any atom is -0.348 e. The molecule has 3 rings (SSSR count). The summed E-state index contributed by atoms with van der Waals surface area (Å²) in [6.45, 7) is 7.38. The first kappa shape index (κ1) is 20.0. The van der Waals surface area contributed by atoms with Crippen LogP contribution in [0.2, 0.25) is 0 Å². The summed E-state index contributed by atoms with van der Waals surface area (Å²) in [7, 11) is 0. The zero-order chi connectivity index (χ0) is 19.9. The highest BCUT2D eigenvalue weighted by Gasteiger charge is 2.21. The Kier molecular flexibility index (Phi) is 6.76. The third kappa shape index (κ3) is 5.39. The van der Waals surface area contributed by atoms with Gasteiger partial charge in [0.1, 0.15) is 0 Å². The lowest BCUT2D eigenvalue weighted by Gasteiger charge is -2.32. The van der Waals surface area contributed by atoms with Gasteiger partial charge in [0.05, 0.1) is 0 Å². The molecule has 2 aromatic rings. The predicted octanol–water partition coefficient (Wildman–Crippen LogP) is 2.67. The molecule has 1 saturated heterocycles. The summed E-state index contributed by atoms with van der Waals surface area (Å²) >= 11 is 0. The van der Waals surface area contributed by atoms with E-state index in [0.29, 0.717) is 18.2 Å². The maximum atomic E-state index is 12.2. The molecule has 1 aromatic carbocycles. The summed E-state index contributed by atoms with van der Waals surface area (Å²) in [5, 5.41) is 5.50. The van der Waals surface area contributed by atoms with Crippen molar-refractivity contribution in [2.75, 3.05) is 25.0 Å². The Balaban J connectivity index is 1.40. The number of hydrogen-bond acceptors (Lipinski definition) is 4. The third-order valence-corrected chi connectivity index (χ3v) is 5.47. The van der Waals surface area contributed by atoms with Crippen LogP contribution in [-0.2, 0) is 16.1 Å². The first-order chi connectivity index (χ1) is 13.5. The number of nitrogens with one attached hydrogen (secondary N) is 2. The van der Waals surface area contributed by atoms with E-state index in [2.05, 4.69) is 20.5 Å². The van der Waals surface area contributed by atoms with Crippen LogP contribution in [0.25, 0.3) is 0 Å². The first-order valence-corrected chi connectivity index (χ1v) is 9.79. The molecule has 6 heteroatoms. The molecule has 2 amide bonds. The van der Waals surface area contributed by atoms with Crippen molar-refractivity contribution in [1.29, 1.82) is 0 Å². The summed E-state index contributed by atoms with van der Waals surface area (Å²) in [6.07, 6.45) is 5.68. The summed E-state index contributed by atoms with van der Waals surface area (Å²) in [5.74, 6) is -0.768. The number of benzene rings is 1. The van der Waals surface area contributed by atoms with Gasteiger partial charge in [-0.15, -0.1) is 0 Å². The first-order valence-electron chi connectivity index (χ1n) is 9.79. The van der Waals surface area contributed by atoms with E-state index in [4.69, 9.17) is 0 Å². The van der Waals surface area contributed by atoms with Crippen molar-refractivity contribution in [2.24, 2.45) is 5.92 Å². The molecule has 1 aliphatic rings. The Morgan fingerprint density at radius 1 is 1.07 bits per heavy atom. The molecule has 0 bridgehead atoms. The number of pyridine rings is 1. The molecule has 0 aliphatic carbocycles. The molecule has 0 radical (unpaired) electrons. The van der Waals surface area contributed by atoms with E-state index in [0.717, 1.165) is 43.6 Å². The summed E-state index contributed by atoms with van der Waals surface area (Å²) in [5.41, 5.74) is 4.01. The number of hydrogen-bond donors (Lipinski definition) is 2. The number of aromatic nitrogens is 1. The second-order valence-electron chi connectivity index (χ2n) is 7.49. The number of amides is 2. The molecule has 0 atom stereocenters. The molecule has 6 nitrogen and oxygen atoms in total. The van der Waals surface area contributed by atoms with Crippen molar-refractivity contribution < 1.29 is 9.59 Å². The fraction of sp³-hybridized carbons (Fsp3) is 0.409. The van der Waals surface area contributed by atoms with E-state index in [1.54, 1.807) is 0 Å². The highest BCUT2D eigenvalue weighted by molar-refractivity contribution is 6.39. The standard InChI is InChI=1S/C22H28N4O2/c1-16-4-3-5-20(17(16)2)25-22(28)21(27)24-14-18-8-12-26(13-9-18)15-19-6-10-23-11-7-19/h3-7,10-11,18H,8-9,12-15H2,1-2H3,(H,24,27)(H,25,28). The van der Waals surface area contributed by atoms with Crippen LogP contribution in [0.15, 0.2) is 42.7 Å². The highest BCUT2D eigenvalue weighted by Crippen LogP contribution is 2.19. The van der Waals surface area contributed by atoms with Gasteiger partial charge in [-0.2, -0.15) is 0 Å². The van der Waals surface area contributed by atoms with E-state index in [9.17, 15) is 9.59 Å². The fourth-order valence-electron chi connectivity index (χ4n) is 3.48. The SMILES string of the molecule is Cc1cccc(NC(=O)C(=O)NCC2CCN(Cc3ccncc3)CC2)c1C. The number of anilines is 1. The minimum atomic E-state index is -0.608. The van der Waals surface area contributed by atoms with Gasteiger partial charge in [0.25, 0.3) is 0 Å². The Hall–Kier alpha value is -2.73. The van der Waals surface area contributed by atoms with Crippen molar-refractivity contribution in [3.63, 3.8) is 0 Å². The van der Waals surface area contributed by atoms with Gasteiger partial charge in [0, 0.05) is 31.2 Å². The number of carbonyl (C=O) groups is 2. The number of carbonyl (C=O) groups excluding carboxylic acids is 2. The lowest BCUT2D eigenvalue weighted by atomic mass is 9.96. The fourth-order valence-corrected chi connectivity index (χ4v) is 3.48. The van der Waals surface area contributed by atoms with E-state index in [-0.39, 0.29) is 0 Å². The van der Waals surface area contributed by atoms with Crippen LogP contribution in [0.1, 0.15) is 29.5 Å². The van der Waals surface area contributed by atoms with E-state index in [1.165, 1.54) is 5.56 Å². The van der Waals surface area contributed by atoms with Crippen molar-refractivity contribution in [3.8, 4) is 0 Å². The maximum absolute atomic E-state index is 12.2. The monoisotopic (exact) mass is 380 g/mol. The van der Waals surface area contributed by atoms with Gasteiger partial charge < -0.3 is 10.6 Å². The molecular formula is C22H28N4O2. The average molecular weight is 380 g/mol. The largest absolute Gasteiger partial charge is 0.348 e. The van der Waals surface area contributed by atoms with Gasteiger partial charge in [-0.25, -0.2) is 0 Å². The predicted molar refractivity (Wildman–Crippen MR) is 110 cm³/mol. The lowest BCUT2D eigenvalue weighted by Crippen LogP contribution is -2.41. The molecule has 2 N–H and O–H groups in total. The van der Waals surface area contributed by atoms with Crippen LogP contribution in [0.5, 0.6) is 0 Å². The Labute approximate surface area is 166 Å². The van der Waals surface area contributed by atoms with Crippen LogP contribution in [0.3, 0.4) is 0 Å². The molecular weight excluding hydrogens is 352 g/mol. The summed E-state index contributed by atoms with van der Waals surface area (Å²) in [4.78, 5) is 30.8. The van der Waals surface area contributed by atoms with Crippen molar-refractivity contribution in [1.82, 2.24) is 15.2 Å². The zero-order valence-corrected chi connectivity index (χ0v) is 16.6. The maximum Gasteiger partial charge on any atom is 0.313 e. The summed E-state index contributed by atoms with van der Waals surface area (Å²) in [6, 6.07) is 9.75. The zero-order valence-electron chi connectivity index (χ0n) is 16.6. The molecule has 1 aromatic heterocycles. The van der Waals surface area contributed by atoms with E-state index < -0.39 is 11.8 Å². The molecule has 148 valence electrons. The van der Waals surface area contributed by atoms with Crippen molar-refractivity contribution >= 4 is 17.5 Å². The van der Waals surface area contributed by atoms with Gasteiger partial charge >= 0.3 is 11.8 Å². The van der Waals surface area contributed by atoms with Gasteiger partial charge in [0.15, 0.2) is 0 Å². The quantitative estimate of drug-likeness (QED) is 0.782. The van der Waals surface area contributed by atoms with Crippen LogP contribution >= 0.6 is 0 Å². The van der Waals surface area contributed by atoms with Crippen LogP contribution in [0, 0.1) is 19.8 Å². The van der Waals surface area contributed by atoms with E-state index >= 15 is 0 Å². The highest BCUT2D eigenvalue weighted by atomic mass is 16.2. The molecule has 0 unspecified atom stereocenters. The van der Waals surface area contributed by atoms with Gasteiger partial charge in [-0.05, 0) is 80.6 Å². The number of piperidine rings is 1. The molecule has 0 spiro atoms. The van der Waals surface area contributed by atoms with Crippen molar-refractivity contribution in [3.05, 3.63) is 59.4 Å². The Morgan fingerprint density at radius 3 is 2.50 bits per heavy atom. The van der Waals surface area contributed by atoms with Gasteiger partial charge in [-0.1, -0.05) is 12.1 Å². The van der Waals surface area contributed by atoms with E-state index in [1.807, 2.05) is 56.6 Å². The number of rotatable bonds is 5. The van der Waals surface area contributed by atoms with Crippen LogP contribution in [0.4, 0.5) is 5.69 Å². The Bertz CT molecular complexity index is 815. The average Bonchev–Trinajstić information content (AvgIpc) is 2.71. The molecule has 1 fully saturated rings. The molecule has 2 heterocycles. The van der Waals surface area contributed by atoms with Crippen molar-refractivity contribution in [2.45, 2.75) is 33.2 Å². The van der Waals surface area contributed by atoms with Crippen LogP contribution in [-0.4, -0.2) is 41.3 Å². The molecule has 1 aliphatic heterocycles. The smallest absolute Gasteiger partial charge is 0.313 e. The second-order valence-corrected chi connectivity index (χ2v) is 7.49. The number of nitrogens with zero attached hydrogens (tertiary/aromatic N) is 2. The normalized spacial score (nSPS) is 15.2. The lowest BCUT2D eigenvalue weighted by molar-refractivity contribution is -0.136. The summed E-state index contributed by atoms with van der Waals surface area (Å²) < 4.78 is 0. The van der Waals surface area contributed by atoms with Gasteiger partial charge in [-0.3, -0.25) is 19.5 Å². The number of aryl methyl sites for hydroxylation is 1. The second kappa shape index (κ2) is 9.46. The molecule has 0 saturated carbocycles. The molecule has 28 heavy (non-hydrogen) atoms. The number of likely N-dealkylation sites (tertiary alicyclic amines) is 1.